The van der Waals surface area contributed by atoms with Crippen molar-refractivity contribution in [3.8, 4) is 11.8 Å². The second-order valence-corrected chi connectivity index (χ2v) is 4.94. The normalized spacial score (nSPS) is 13.6. The fourth-order valence-electron chi connectivity index (χ4n) is 2.23. The van der Waals surface area contributed by atoms with Crippen LogP contribution in [0.15, 0.2) is 60.2 Å². The highest BCUT2D eigenvalue weighted by Gasteiger charge is 2.26. The number of ketones is 1. The first-order chi connectivity index (χ1) is 9.74. The Morgan fingerprint density at radius 2 is 1.60 bits per heavy atom. The zero-order valence-corrected chi connectivity index (χ0v) is 11.3. The highest BCUT2D eigenvalue weighted by molar-refractivity contribution is 6.30. The van der Waals surface area contributed by atoms with Gasteiger partial charge in [0.15, 0.2) is 5.78 Å². The van der Waals surface area contributed by atoms with Crippen molar-refractivity contribution in [3.05, 3.63) is 76.9 Å². The summed E-state index contributed by atoms with van der Waals surface area (Å²) in [5, 5.41) is 0. The van der Waals surface area contributed by atoms with Gasteiger partial charge in [0.25, 0.3) is 0 Å². The van der Waals surface area contributed by atoms with E-state index in [1.54, 1.807) is 0 Å². The molecule has 1 aliphatic carbocycles. The summed E-state index contributed by atoms with van der Waals surface area (Å²) in [6.07, 6.45) is 0.461. The van der Waals surface area contributed by atoms with Gasteiger partial charge in [-0.05, 0) is 24.6 Å². The van der Waals surface area contributed by atoms with Crippen molar-refractivity contribution < 1.29 is 4.79 Å². The fraction of sp³-hybridized carbons (Fsp3) is 0.105. The predicted octanol–water partition coefficient (Wildman–Crippen LogP) is 3.77. The third-order valence-corrected chi connectivity index (χ3v) is 3.39. The van der Waals surface area contributed by atoms with Crippen LogP contribution in [0.4, 0.5) is 0 Å². The topological polar surface area (TPSA) is 17.1 Å². The standard InChI is InChI=1S/C19H14O/c1-14-7-9-15(10-8-14)11-12-17-13-18(20)19(17)16-5-3-2-4-6-16/h2-10H,13H2,1H3. The van der Waals surface area contributed by atoms with Crippen LogP contribution in [0.5, 0.6) is 0 Å². The first kappa shape index (κ1) is 12.4. The zero-order valence-electron chi connectivity index (χ0n) is 11.3. The lowest BCUT2D eigenvalue weighted by Crippen LogP contribution is -2.15. The van der Waals surface area contributed by atoms with Crippen LogP contribution in [-0.2, 0) is 4.79 Å². The molecule has 20 heavy (non-hydrogen) atoms. The molecule has 1 nitrogen and oxygen atoms in total. The highest BCUT2D eigenvalue weighted by atomic mass is 16.1. The highest BCUT2D eigenvalue weighted by Crippen LogP contribution is 2.32. The van der Waals surface area contributed by atoms with E-state index in [9.17, 15) is 4.79 Å². The number of carbonyl (C=O) groups is 1. The van der Waals surface area contributed by atoms with Gasteiger partial charge in [0.2, 0.25) is 0 Å². The fourth-order valence-corrected chi connectivity index (χ4v) is 2.23. The van der Waals surface area contributed by atoms with Gasteiger partial charge in [0.05, 0.1) is 0 Å². The molecule has 0 saturated carbocycles. The average molecular weight is 258 g/mol. The molecule has 3 rings (SSSR count). The van der Waals surface area contributed by atoms with Crippen LogP contribution in [0.2, 0.25) is 0 Å². The summed E-state index contributed by atoms with van der Waals surface area (Å²) in [7, 11) is 0. The monoisotopic (exact) mass is 258 g/mol. The van der Waals surface area contributed by atoms with E-state index in [0.29, 0.717) is 6.42 Å². The number of aryl methyl sites for hydroxylation is 1. The maximum Gasteiger partial charge on any atom is 0.169 e. The quantitative estimate of drug-likeness (QED) is 0.711. The molecule has 96 valence electrons. The molecule has 0 amide bonds. The van der Waals surface area contributed by atoms with Crippen LogP contribution in [0, 0.1) is 18.8 Å². The molecule has 0 heterocycles. The third-order valence-electron chi connectivity index (χ3n) is 3.39. The van der Waals surface area contributed by atoms with Gasteiger partial charge in [-0.15, -0.1) is 0 Å². The summed E-state index contributed by atoms with van der Waals surface area (Å²) < 4.78 is 0. The summed E-state index contributed by atoms with van der Waals surface area (Å²) >= 11 is 0. The van der Waals surface area contributed by atoms with Gasteiger partial charge in [-0.25, -0.2) is 0 Å². The lowest BCUT2D eigenvalue weighted by Gasteiger charge is -2.18. The molecule has 0 spiro atoms. The Bertz CT molecular complexity index is 738. The lowest BCUT2D eigenvalue weighted by molar-refractivity contribution is -0.114. The smallest absolute Gasteiger partial charge is 0.169 e. The summed E-state index contributed by atoms with van der Waals surface area (Å²) in [5.41, 5.74) is 4.90. The van der Waals surface area contributed by atoms with Gasteiger partial charge in [0, 0.05) is 23.1 Å². The van der Waals surface area contributed by atoms with Gasteiger partial charge in [0.1, 0.15) is 0 Å². The van der Waals surface area contributed by atoms with Crippen molar-refractivity contribution in [2.45, 2.75) is 13.3 Å². The van der Waals surface area contributed by atoms with E-state index >= 15 is 0 Å². The summed E-state index contributed by atoms with van der Waals surface area (Å²) in [5.74, 6) is 6.46. The number of benzene rings is 2. The van der Waals surface area contributed by atoms with Crippen molar-refractivity contribution in [2.75, 3.05) is 0 Å². The van der Waals surface area contributed by atoms with Crippen LogP contribution in [0.25, 0.3) is 5.57 Å². The number of allylic oxidation sites excluding steroid dienone is 2. The minimum absolute atomic E-state index is 0.185. The molecule has 1 heteroatoms. The molecule has 0 atom stereocenters. The molecule has 0 fully saturated rings. The number of rotatable bonds is 1. The van der Waals surface area contributed by atoms with Crippen molar-refractivity contribution >= 4 is 11.4 Å². The van der Waals surface area contributed by atoms with Crippen molar-refractivity contribution in [1.29, 1.82) is 0 Å². The van der Waals surface area contributed by atoms with Crippen molar-refractivity contribution in [1.82, 2.24) is 0 Å². The van der Waals surface area contributed by atoms with Gasteiger partial charge in [-0.3, -0.25) is 4.79 Å². The molecule has 1 aliphatic rings. The molecule has 0 aliphatic heterocycles. The first-order valence-electron chi connectivity index (χ1n) is 6.64. The summed E-state index contributed by atoms with van der Waals surface area (Å²) in [4.78, 5) is 11.8. The molecular formula is C19H14O. The zero-order chi connectivity index (χ0) is 13.9. The molecule has 2 aromatic rings. The molecule has 0 bridgehead atoms. The van der Waals surface area contributed by atoms with Crippen LogP contribution in [0.3, 0.4) is 0 Å². The second kappa shape index (κ2) is 5.19. The van der Waals surface area contributed by atoms with Crippen molar-refractivity contribution in [2.24, 2.45) is 0 Å². The van der Waals surface area contributed by atoms with Crippen LogP contribution in [-0.4, -0.2) is 5.78 Å². The molecule has 0 aromatic heterocycles. The van der Waals surface area contributed by atoms with Gasteiger partial charge >= 0.3 is 0 Å². The molecule has 0 radical (unpaired) electrons. The van der Waals surface area contributed by atoms with E-state index < -0.39 is 0 Å². The SMILES string of the molecule is Cc1ccc(C#CC2=C(c3ccccc3)C(=O)C2)cc1. The van der Waals surface area contributed by atoms with Gasteiger partial charge < -0.3 is 0 Å². The molecule has 0 N–H and O–H groups in total. The second-order valence-electron chi connectivity index (χ2n) is 4.94. The minimum Gasteiger partial charge on any atom is -0.294 e. The molecule has 0 unspecified atom stereocenters. The molecule has 0 saturated heterocycles. The average Bonchev–Trinajstić information content (AvgIpc) is 2.46. The number of carbonyl (C=O) groups excluding carboxylic acids is 1. The van der Waals surface area contributed by atoms with E-state index in [4.69, 9.17) is 0 Å². The predicted molar refractivity (Wildman–Crippen MR) is 81.0 cm³/mol. The number of hydrogen-bond acceptors (Lipinski definition) is 1. The van der Waals surface area contributed by atoms with E-state index in [0.717, 1.165) is 22.3 Å². The minimum atomic E-state index is 0.185. The summed E-state index contributed by atoms with van der Waals surface area (Å²) in [6.45, 7) is 2.05. The van der Waals surface area contributed by atoms with Crippen LogP contribution >= 0.6 is 0 Å². The maximum absolute atomic E-state index is 11.8. The third kappa shape index (κ3) is 2.41. The number of Topliss-reactive ketones (excluding diaryl/α,β-unsaturated/α-hetero) is 1. The van der Waals surface area contributed by atoms with E-state index in [1.807, 2.05) is 54.6 Å². The maximum atomic E-state index is 11.8. The van der Waals surface area contributed by atoms with Crippen LogP contribution in [0.1, 0.15) is 23.1 Å². The first-order valence-corrected chi connectivity index (χ1v) is 6.64. The Kier molecular flexibility index (Phi) is 3.23. The Morgan fingerprint density at radius 3 is 2.25 bits per heavy atom. The Hall–Kier alpha value is -2.59. The molecule has 2 aromatic carbocycles. The Balaban J connectivity index is 1.93. The Morgan fingerprint density at radius 1 is 0.900 bits per heavy atom. The lowest BCUT2D eigenvalue weighted by atomic mass is 9.82. The van der Waals surface area contributed by atoms with Crippen LogP contribution < -0.4 is 0 Å². The largest absolute Gasteiger partial charge is 0.294 e. The van der Waals surface area contributed by atoms with Crippen molar-refractivity contribution in [3.63, 3.8) is 0 Å². The van der Waals surface area contributed by atoms with E-state index in [2.05, 4.69) is 18.8 Å². The van der Waals surface area contributed by atoms with Gasteiger partial charge in [-0.2, -0.15) is 0 Å². The molecular weight excluding hydrogens is 244 g/mol. The van der Waals surface area contributed by atoms with Gasteiger partial charge in [-0.1, -0.05) is 59.9 Å². The summed E-state index contributed by atoms with van der Waals surface area (Å²) in [6, 6.07) is 17.9. The van der Waals surface area contributed by atoms with E-state index in [-0.39, 0.29) is 5.78 Å². The van der Waals surface area contributed by atoms with E-state index in [1.165, 1.54) is 5.56 Å². The Labute approximate surface area is 119 Å². The number of hydrogen-bond donors (Lipinski definition) is 0.